The van der Waals surface area contributed by atoms with Gasteiger partial charge in [-0.15, -0.1) is 5.11 Å². The number of hydrogen-bond donors (Lipinski definition) is 0. The van der Waals surface area contributed by atoms with Gasteiger partial charge < -0.3 is 4.74 Å². The van der Waals surface area contributed by atoms with Crippen molar-refractivity contribution in [3.63, 3.8) is 0 Å². The van der Waals surface area contributed by atoms with E-state index in [9.17, 15) is 4.79 Å². The van der Waals surface area contributed by atoms with Crippen LogP contribution in [0.15, 0.2) is 52.3 Å². The Balaban J connectivity index is 2.63. The number of nitrogens with zero attached hydrogens (tertiary/aromatic N) is 2. The van der Waals surface area contributed by atoms with Crippen LogP contribution in [-0.4, -0.2) is 12.7 Å². The molecule has 0 aliphatic heterocycles. The summed E-state index contributed by atoms with van der Waals surface area (Å²) in [6.45, 7) is 3.80. The number of ether oxygens (including phenoxy) is 1. The summed E-state index contributed by atoms with van der Waals surface area (Å²) in [4.78, 5) is 11.0. The van der Waals surface area contributed by atoms with Gasteiger partial charge in [-0.05, 0) is 25.5 Å². The minimum absolute atomic E-state index is 0.0415. The zero-order chi connectivity index (χ0) is 13.4. The molecule has 1 unspecified atom stereocenters. The van der Waals surface area contributed by atoms with Crippen LogP contribution in [0.5, 0.6) is 0 Å². The molecule has 0 radical (unpaired) electrons. The second-order valence-corrected chi connectivity index (χ2v) is 4.51. The first-order chi connectivity index (χ1) is 8.63. The molecule has 0 aromatic heterocycles. The van der Waals surface area contributed by atoms with Gasteiger partial charge in [-0.25, -0.2) is 4.79 Å². The molecule has 1 amide bonds. The summed E-state index contributed by atoms with van der Waals surface area (Å²) < 4.78 is 4.64. The Labute approximate surface area is 115 Å². The van der Waals surface area contributed by atoms with E-state index in [0.29, 0.717) is 12.3 Å². The number of benzene rings is 1. The average molecular weight is 311 g/mol. The monoisotopic (exact) mass is 310 g/mol. The molecule has 0 aliphatic carbocycles. The van der Waals surface area contributed by atoms with Crippen LogP contribution < -0.4 is 0 Å². The standard InChI is InChI=1S/C13H15BrN2O2/c1-3-18-13(17)16-15-10(2)9-12(14)11-7-5-4-6-8-11/h4-9,12H,3H2,1-2H3/b10-9+,16-15?. The van der Waals surface area contributed by atoms with Crippen LogP contribution >= 0.6 is 15.9 Å². The fourth-order valence-corrected chi connectivity index (χ4v) is 1.94. The van der Waals surface area contributed by atoms with Crippen molar-refractivity contribution in [1.29, 1.82) is 0 Å². The van der Waals surface area contributed by atoms with Crippen LogP contribution in [0.1, 0.15) is 24.2 Å². The van der Waals surface area contributed by atoms with Gasteiger partial charge in [0.1, 0.15) is 0 Å². The molecule has 5 heteroatoms. The number of hydrogen-bond acceptors (Lipinski definition) is 3. The number of rotatable bonds is 4. The van der Waals surface area contributed by atoms with E-state index in [0.717, 1.165) is 5.56 Å². The Morgan fingerprint density at radius 1 is 1.39 bits per heavy atom. The summed E-state index contributed by atoms with van der Waals surface area (Å²) in [6, 6.07) is 9.90. The highest BCUT2D eigenvalue weighted by atomic mass is 79.9. The highest BCUT2D eigenvalue weighted by Gasteiger charge is 2.03. The van der Waals surface area contributed by atoms with Crippen LogP contribution in [0.2, 0.25) is 0 Å². The maximum atomic E-state index is 11.0. The molecule has 96 valence electrons. The summed E-state index contributed by atoms with van der Waals surface area (Å²) >= 11 is 3.53. The quantitative estimate of drug-likeness (QED) is 0.601. The van der Waals surface area contributed by atoms with Gasteiger partial charge in [-0.1, -0.05) is 51.4 Å². The largest absolute Gasteiger partial charge is 0.452 e. The first-order valence-electron chi connectivity index (χ1n) is 5.59. The Bertz CT molecular complexity index is 444. The molecule has 0 saturated heterocycles. The average Bonchev–Trinajstić information content (AvgIpc) is 2.38. The summed E-state index contributed by atoms with van der Waals surface area (Å²) in [5.74, 6) is 0. The SMILES string of the molecule is CCOC(=O)N=N/C(C)=C/C(Br)c1ccccc1. The Morgan fingerprint density at radius 3 is 2.67 bits per heavy atom. The second-order valence-electron chi connectivity index (χ2n) is 3.52. The van der Waals surface area contributed by atoms with E-state index in [1.54, 1.807) is 13.8 Å². The van der Waals surface area contributed by atoms with Gasteiger partial charge >= 0.3 is 6.09 Å². The van der Waals surface area contributed by atoms with Crippen molar-refractivity contribution in [3.8, 4) is 0 Å². The van der Waals surface area contributed by atoms with Crippen LogP contribution in [0.3, 0.4) is 0 Å². The van der Waals surface area contributed by atoms with Crippen molar-refractivity contribution >= 4 is 22.0 Å². The van der Waals surface area contributed by atoms with E-state index < -0.39 is 6.09 Å². The topological polar surface area (TPSA) is 51.0 Å². The first kappa shape index (κ1) is 14.6. The maximum absolute atomic E-state index is 11.0. The van der Waals surface area contributed by atoms with Gasteiger partial charge in [0.15, 0.2) is 0 Å². The zero-order valence-corrected chi connectivity index (χ0v) is 11.9. The number of amides is 1. The van der Waals surface area contributed by atoms with Crippen LogP contribution in [0.25, 0.3) is 0 Å². The second kappa shape index (κ2) is 7.76. The third kappa shape index (κ3) is 5.23. The van der Waals surface area contributed by atoms with Gasteiger partial charge in [0.25, 0.3) is 0 Å². The first-order valence-corrected chi connectivity index (χ1v) is 6.51. The molecule has 0 aliphatic rings. The summed E-state index contributed by atoms with van der Waals surface area (Å²) in [7, 11) is 0. The zero-order valence-electron chi connectivity index (χ0n) is 10.3. The molecular weight excluding hydrogens is 296 g/mol. The van der Waals surface area contributed by atoms with Crippen LogP contribution in [-0.2, 0) is 4.74 Å². The van der Waals surface area contributed by atoms with Crippen LogP contribution in [0, 0.1) is 0 Å². The summed E-state index contributed by atoms with van der Waals surface area (Å²) in [5.41, 5.74) is 1.76. The van der Waals surface area contributed by atoms with Gasteiger partial charge in [-0.2, -0.15) is 0 Å². The van der Waals surface area contributed by atoms with E-state index >= 15 is 0 Å². The molecule has 0 spiro atoms. The highest BCUT2D eigenvalue weighted by Crippen LogP contribution is 2.25. The minimum atomic E-state index is -0.670. The Kier molecular flexibility index (Phi) is 6.28. The van der Waals surface area contributed by atoms with Gasteiger partial charge in [-0.3, -0.25) is 0 Å². The summed E-state index contributed by atoms with van der Waals surface area (Å²) in [5, 5.41) is 7.23. The van der Waals surface area contributed by atoms with Crippen molar-refractivity contribution in [2.75, 3.05) is 6.61 Å². The number of alkyl halides is 1. The van der Waals surface area contributed by atoms with Crippen molar-refractivity contribution < 1.29 is 9.53 Å². The van der Waals surface area contributed by atoms with E-state index in [4.69, 9.17) is 0 Å². The van der Waals surface area contributed by atoms with Gasteiger partial charge in [0, 0.05) is 0 Å². The normalized spacial score (nSPS) is 13.6. The molecule has 1 aromatic carbocycles. The molecule has 0 saturated carbocycles. The molecule has 0 bridgehead atoms. The molecule has 18 heavy (non-hydrogen) atoms. The van der Waals surface area contributed by atoms with E-state index in [2.05, 4.69) is 30.9 Å². The Morgan fingerprint density at radius 2 is 2.06 bits per heavy atom. The lowest BCUT2D eigenvalue weighted by Gasteiger charge is -2.04. The van der Waals surface area contributed by atoms with E-state index in [1.807, 2.05) is 36.4 Å². The molecule has 4 nitrogen and oxygen atoms in total. The predicted octanol–water partition coefficient (Wildman–Crippen LogP) is 4.64. The number of azo groups is 1. The number of halogens is 1. The molecule has 0 fully saturated rings. The molecule has 1 aromatic rings. The smallest absolute Gasteiger partial charge is 0.447 e. The van der Waals surface area contributed by atoms with E-state index in [1.165, 1.54) is 0 Å². The fraction of sp³-hybridized carbons (Fsp3) is 0.308. The molecule has 0 heterocycles. The van der Waals surface area contributed by atoms with Crippen LogP contribution in [0.4, 0.5) is 4.79 Å². The molecule has 1 atom stereocenters. The van der Waals surface area contributed by atoms with E-state index in [-0.39, 0.29) is 4.83 Å². The highest BCUT2D eigenvalue weighted by molar-refractivity contribution is 9.09. The number of carbonyl (C=O) groups is 1. The minimum Gasteiger partial charge on any atom is -0.447 e. The number of carbonyl (C=O) groups excluding carboxylic acids is 1. The van der Waals surface area contributed by atoms with Crippen molar-refractivity contribution in [3.05, 3.63) is 47.7 Å². The Hall–Kier alpha value is -1.49. The van der Waals surface area contributed by atoms with Gasteiger partial charge in [0.05, 0.1) is 17.1 Å². The molecule has 0 N–H and O–H groups in total. The third-order valence-corrected chi connectivity index (χ3v) is 2.86. The van der Waals surface area contributed by atoms with Crippen molar-refractivity contribution in [2.24, 2.45) is 10.2 Å². The lowest BCUT2D eigenvalue weighted by molar-refractivity contribution is 0.161. The predicted molar refractivity (Wildman–Crippen MR) is 73.7 cm³/mol. The fourth-order valence-electron chi connectivity index (χ4n) is 1.25. The summed E-state index contributed by atoms with van der Waals surface area (Å²) in [6.07, 6.45) is 1.20. The lowest BCUT2D eigenvalue weighted by Crippen LogP contribution is -1.96. The number of allylic oxidation sites excluding steroid dienone is 2. The van der Waals surface area contributed by atoms with Gasteiger partial charge in [0.2, 0.25) is 0 Å². The maximum Gasteiger partial charge on any atom is 0.452 e. The molecular formula is C13H15BrN2O2. The van der Waals surface area contributed by atoms with Crippen molar-refractivity contribution in [2.45, 2.75) is 18.7 Å². The lowest BCUT2D eigenvalue weighted by atomic mass is 10.1. The third-order valence-electron chi connectivity index (χ3n) is 2.06. The van der Waals surface area contributed by atoms with Crippen molar-refractivity contribution in [1.82, 2.24) is 0 Å². The molecule has 1 rings (SSSR count).